The Morgan fingerprint density at radius 3 is 2.71 bits per heavy atom. The highest BCUT2D eigenvalue weighted by Gasteiger charge is 2.03. The lowest BCUT2D eigenvalue weighted by molar-refractivity contribution is -0.115. The number of thioether (sulfide) groups is 1. The number of hydrogen-bond acceptors (Lipinski definition) is 4. The second-order valence-electron chi connectivity index (χ2n) is 4.27. The Labute approximate surface area is 128 Å². The molecule has 0 unspecified atom stereocenters. The number of nitrogens with zero attached hydrogens (tertiary/aromatic N) is 1. The fourth-order valence-electron chi connectivity index (χ4n) is 1.71. The fraction of sp³-hybridized carbons (Fsp3) is 0.250. The second-order valence-corrected chi connectivity index (χ2v) is 5.39. The molecular weight excluding hydrogens is 284 g/mol. The molecule has 21 heavy (non-hydrogen) atoms. The summed E-state index contributed by atoms with van der Waals surface area (Å²) in [4.78, 5) is 16.0. The summed E-state index contributed by atoms with van der Waals surface area (Å²) in [6, 6.07) is 13.1. The van der Waals surface area contributed by atoms with Gasteiger partial charge in [-0.25, -0.2) is 4.98 Å². The Morgan fingerprint density at radius 1 is 1.24 bits per heavy atom. The van der Waals surface area contributed by atoms with Crippen molar-refractivity contribution in [3.05, 3.63) is 48.7 Å². The molecule has 0 bridgehead atoms. The number of anilines is 1. The molecule has 1 N–H and O–H groups in total. The molecule has 0 fully saturated rings. The monoisotopic (exact) mass is 302 g/mol. The van der Waals surface area contributed by atoms with Crippen LogP contribution >= 0.6 is 11.8 Å². The summed E-state index contributed by atoms with van der Waals surface area (Å²) in [5.41, 5.74) is 0.784. The van der Waals surface area contributed by atoms with E-state index in [1.165, 1.54) is 0 Å². The highest BCUT2D eigenvalue weighted by molar-refractivity contribution is 7.99. The first-order valence-corrected chi connectivity index (χ1v) is 7.83. The minimum absolute atomic E-state index is 0.00240. The van der Waals surface area contributed by atoms with Crippen LogP contribution in [0.25, 0.3) is 0 Å². The van der Waals surface area contributed by atoms with Crippen molar-refractivity contribution >= 4 is 23.4 Å². The van der Waals surface area contributed by atoms with E-state index in [0.717, 1.165) is 16.5 Å². The molecule has 1 aromatic heterocycles. The number of pyridine rings is 1. The zero-order valence-corrected chi connectivity index (χ0v) is 12.7. The molecule has 2 rings (SSSR count). The highest BCUT2D eigenvalue weighted by Crippen LogP contribution is 2.17. The van der Waals surface area contributed by atoms with Gasteiger partial charge >= 0.3 is 0 Å². The van der Waals surface area contributed by atoms with E-state index in [4.69, 9.17) is 4.74 Å². The standard InChI is InChI=1S/C16H18N2O2S/c1-2-20-14-8-6-13(7-9-14)18-15(19)10-12-21-16-5-3-4-11-17-16/h3-9,11H,2,10,12H2,1H3,(H,18,19). The van der Waals surface area contributed by atoms with Crippen LogP contribution in [0.1, 0.15) is 13.3 Å². The number of nitrogens with one attached hydrogen (secondary N) is 1. The molecule has 1 amide bonds. The summed E-state index contributed by atoms with van der Waals surface area (Å²) in [6.45, 7) is 2.57. The third kappa shape index (κ3) is 5.47. The number of aromatic nitrogens is 1. The molecule has 0 aliphatic heterocycles. The molecule has 110 valence electrons. The molecule has 0 aliphatic carbocycles. The fourth-order valence-corrected chi connectivity index (χ4v) is 2.51. The minimum atomic E-state index is 0.00240. The molecule has 0 radical (unpaired) electrons. The zero-order chi connectivity index (χ0) is 14.9. The maximum absolute atomic E-state index is 11.8. The van der Waals surface area contributed by atoms with E-state index in [1.54, 1.807) is 18.0 Å². The minimum Gasteiger partial charge on any atom is -0.494 e. The Balaban J connectivity index is 1.74. The van der Waals surface area contributed by atoms with Crippen LogP contribution in [-0.4, -0.2) is 23.3 Å². The van der Waals surface area contributed by atoms with Gasteiger partial charge in [-0.2, -0.15) is 0 Å². The van der Waals surface area contributed by atoms with E-state index in [-0.39, 0.29) is 5.91 Å². The topological polar surface area (TPSA) is 51.2 Å². The van der Waals surface area contributed by atoms with Crippen LogP contribution in [0.3, 0.4) is 0 Å². The summed E-state index contributed by atoms with van der Waals surface area (Å²) in [6.07, 6.45) is 2.21. The van der Waals surface area contributed by atoms with E-state index in [0.29, 0.717) is 18.8 Å². The lowest BCUT2D eigenvalue weighted by Gasteiger charge is -2.07. The first-order chi connectivity index (χ1) is 10.3. The van der Waals surface area contributed by atoms with Gasteiger partial charge in [0, 0.05) is 24.1 Å². The van der Waals surface area contributed by atoms with Crippen molar-refractivity contribution in [3.8, 4) is 5.75 Å². The predicted octanol–water partition coefficient (Wildman–Crippen LogP) is 3.60. The molecule has 0 saturated carbocycles. The Hall–Kier alpha value is -2.01. The molecule has 0 saturated heterocycles. The van der Waals surface area contributed by atoms with E-state index in [2.05, 4.69) is 10.3 Å². The summed E-state index contributed by atoms with van der Waals surface area (Å²) in [7, 11) is 0. The van der Waals surface area contributed by atoms with Crippen molar-refractivity contribution in [2.24, 2.45) is 0 Å². The number of amides is 1. The van der Waals surface area contributed by atoms with Crippen LogP contribution in [0.15, 0.2) is 53.7 Å². The highest BCUT2D eigenvalue weighted by atomic mass is 32.2. The number of benzene rings is 1. The van der Waals surface area contributed by atoms with Crippen molar-refractivity contribution in [1.82, 2.24) is 4.98 Å². The van der Waals surface area contributed by atoms with Gasteiger partial charge in [-0.05, 0) is 43.3 Å². The normalized spacial score (nSPS) is 10.1. The van der Waals surface area contributed by atoms with Crippen LogP contribution in [0.2, 0.25) is 0 Å². The summed E-state index contributed by atoms with van der Waals surface area (Å²) >= 11 is 1.58. The average molecular weight is 302 g/mol. The smallest absolute Gasteiger partial charge is 0.225 e. The van der Waals surface area contributed by atoms with Crippen LogP contribution in [0.5, 0.6) is 5.75 Å². The van der Waals surface area contributed by atoms with Crippen LogP contribution in [0, 0.1) is 0 Å². The molecule has 5 heteroatoms. The van der Waals surface area contributed by atoms with E-state index >= 15 is 0 Å². The number of carbonyl (C=O) groups excluding carboxylic acids is 1. The summed E-state index contributed by atoms with van der Waals surface area (Å²) in [5.74, 6) is 1.52. The number of carbonyl (C=O) groups is 1. The molecule has 0 atom stereocenters. The quantitative estimate of drug-likeness (QED) is 0.794. The Kier molecular flexibility index (Phi) is 6.09. The SMILES string of the molecule is CCOc1ccc(NC(=O)CCSc2ccccn2)cc1. The zero-order valence-electron chi connectivity index (χ0n) is 11.9. The van der Waals surface area contributed by atoms with Gasteiger partial charge < -0.3 is 10.1 Å². The maximum Gasteiger partial charge on any atom is 0.225 e. The van der Waals surface area contributed by atoms with Gasteiger partial charge in [0.1, 0.15) is 5.75 Å². The van der Waals surface area contributed by atoms with Crippen molar-refractivity contribution in [1.29, 1.82) is 0 Å². The average Bonchev–Trinajstić information content (AvgIpc) is 2.51. The van der Waals surface area contributed by atoms with Gasteiger partial charge in [0.15, 0.2) is 0 Å². The van der Waals surface area contributed by atoms with Gasteiger partial charge in [0.2, 0.25) is 5.91 Å². The third-order valence-corrected chi connectivity index (χ3v) is 3.61. The molecule has 2 aromatic rings. The van der Waals surface area contributed by atoms with Crippen molar-refractivity contribution in [2.75, 3.05) is 17.7 Å². The van der Waals surface area contributed by atoms with Crippen LogP contribution in [-0.2, 0) is 4.79 Å². The molecular formula is C16H18N2O2S. The summed E-state index contributed by atoms with van der Waals surface area (Å²) < 4.78 is 5.36. The first kappa shape index (κ1) is 15.4. The lowest BCUT2D eigenvalue weighted by atomic mass is 10.3. The molecule has 1 aromatic carbocycles. The van der Waals surface area contributed by atoms with Gasteiger partial charge in [0.05, 0.1) is 11.6 Å². The second kappa shape index (κ2) is 8.32. The molecule has 0 spiro atoms. The number of hydrogen-bond donors (Lipinski definition) is 1. The van der Waals surface area contributed by atoms with Crippen molar-refractivity contribution in [3.63, 3.8) is 0 Å². The maximum atomic E-state index is 11.8. The third-order valence-electron chi connectivity index (χ3n) is 2.67. The van der Waals surface area contributed by atoms with E-state index < -0.39 is 0 Å². The number of ether oxygens (including phenoxy) is 1. The predicted molar refractivity (Wildman–Crippen MR) is 85.8 cm³/mol. The molecule has 0 aliphatic rings. The van der Waals surface area contributed by atoms with Crippen molar-refractivity contribution in [2.45, 2.75) is 18.4 Å². The lowest BCUT2D eigenvalue weighted by Crippen LogP contribution is -2.12. The van der Waals surface area contributed by atoms with E-state index in [9.17, 15) is 4.79 Å². The largest absolute Gasteiger partial charge is 0.494 e. The Morgan fingerprint density at radius 2 is 2.05 bits per heavy atom. The van der Waals surface area contributed by atoms with Gasteiger partial charge in [-0.1, -0.05) is 6.07 Å². The first-order valence-electron chi connectivity index (χ1n) is 6.84. The van der Waals surface area contributed by atoms with Gasteiger partial charge in [0.25, 0.3) is 0 Å². The molecule has 4 nitrogen and oxygen atoms in total. The van der Waals surface area contributed by atoms with Gasteiger partial charge in [-0.15, -0.1) is 11.8 Å². The molecule has 1 heterocycles. The summed E-state index contributed by atoms with van der Waals surface area (Å²) in [5, 5.41) is 3.81. The number of rotatable bonds is 7. The van der Waals surface area contributed by atoms with Gasteiger partial charge in [-0.3, -0.25) is 4.79 Å². The van der Waals surface area contributed by atoms with Crippen LogP contribution in [0.4, 0.5) is 5.69 Å². The van der Waals surface area contributed by atoms with Crippen molar-refractivity contribution < 1.29 is 9.53 Å². The Bertz CT molecular complexity index is 558. The van der Waals surface area contributed by atoms with E-state index in [1.807, 2.05) is 49.4 Å². The van der Waals surface area contributed by atoms with Crippen LogP contribution < -0.4 is 10.1 Å².